The largest absolute Gasteiger partial charge is 0.313 e. The summed E-state index contributed by atoms with van der Waals surface area (Å²) in [5.41, 5.74) is 2.11. The molecular weight excluding hydrogens is 198 g/mol. The van der Waals surface area contributed by atoms with Gasteiger partial charge >= 0.3 is 0 Å². The summed E-state index contributed by atoms with van der Waals surface area (Å²) in [5.74, 6) is 1.58. The van der Waals surface area contributed by atoms with Gasteiger partial charge in [-0.25, -0.2) is 0 Å². The number of aldehydes is 1. The van der Waals surface area contributed by atoms with E-state index < -0.39 is 0 Å². The third-order valence-corrected chi connectivity index (χ3v) is 3.63. The van der Waals surface area contributed by atoms with Crippen molar-refractivity contribution in [1.29, 1.82) is 0 Å². The third kappa shape index (κ3) is 2.17. The van der Waals surface area contributed by atoms with Crippen molar-refractivity contribution in [3.8, 4) is 0 Å². The number of carbonyl (C=O) groups excluding carboxylic acids is 1. The van der Waals surface area contributed by atoms with E-state index in [0.717, 1.165) is 17.8 Å². The maximum atomic E-state index is 10.7. The highest BCUT2D eigenvalue weighted by molar-refractivity contribution is 5.75. The smallest absolute Gasteiger partial charge is 0.150 e. The Morgan fingerprint density at radius 2 is 2.25 bits per heavy atom. The van der Waals surface area contributed by atoms with E-state index in [1.54, 1.807) is 0 Å². The van der Waals surface area contributed by atoms with Crippen LogP contribution in [0.3, 0.4) is 0 Å². The Hall–Kier alpha value is -1.15. The Labute approximate surface area is 96.1 Å². The van der Waals surface area contributed by atoms with Gasteiger partial charge in [-0.1, -0.05) is 18.2 Å². The van der Waals surface area contributed by atoms with E-state index in [1.807, 2.05) is 18.2 Å². The van der Waals surface area contributed by atoms with Crippen molar-refractivity contribution in [3.63, 3.8) is 0 Å². The molecule has 2 atom stereocenters. The average molecular weight is 215 g/mol. The highest BCUT2D eigenvalue weighted by Gasteiger charge is 2.38. The van der Waals surface area contributed by atoms with Crippen LogP contribution in [0, 0.1) is 5.92 Å². The molecule has 0 aliphatic heterocycles. The van der Waals surface area contributed by atoms with Gasteiger partial charge in [0, 0.05) is 17.5 Å². The minimum absolute atomic E-state index is 0.638. The molecule has 0 amide bonds. The molecule has 2 aliphatic carbocycles. The minimum atomic E-state index is 0.638. The van der Waals surface area contributed by atoms with E-state index in [4.69, 9.17) is 0 Å². The van der Waals surface area contributed by atoms with Gasteiger partial charge < -0.3 is 5.32 Å². The van der Waals surface area contributed by atoms with E-state index in [1.165, 1.54) is 31.4 Å². The summed E-state index contributed by atoms with van der Waals surface area (Å²) in [4.78, 5) is 10.7. The molecule has 0 radical (unpaired) electrons. The molecule has 2 saturated carbocycles. The predicted octanol–water partition coefficient (Wildman–Crippen LogP) is 2.35. The molecule has 2 heteroatoms. The van der Waals surface area contributed by atoms with Gasteiger partial charge in [-0.2, -0.15) is 0 Å². The molecule has 1 aromatic carbocycles. The Balaban J connectivity index is 1.58. The standard InChI is InChI=1S/C14H17NO/c16-9-11-2-1-3-12(6-11)13-7-14(13)15-8-10-4-5-10/h1-3,6,9-10,13-15H,4-5,7-8H2. The molecule has 0 saturated heterocycles. The van der Waals surface area contributed by atoms with Crippen molar-refractivity contribution in [1.82, 2.24) is 5.32 Å². The fraction of sp³-hybridized carbons (Fsp3) is 0.500. The Kier molecular flexibility index (Phi) is 2.52. The van der Waals surface area contributed by atoms with Gasteiger partial charge in [0.15, 0.2) is 0 Å². The normalized spacial score (nSPS) is 27.8. The van der Waals surface area contributed by atoms with Gasteiger partial charge in [0.1, 0.15) is 6.29 Å². The molecule has 2 aliphatic rings. The zero-order chi connectivity index (χ0) is 11.0. The Bertz CT molecular complexity index is 397. The van der Waals surface area contributed by atoms with Crippen LogP contribution in [0.4, 0.5) is 0 Å². The van der Waals surface area contributed by atoms with Gasteiger partial charge in [0.25, 0.3) is 0 Å². The minimum Gasteiger partial charge on any atom is -0.313 e. The SMILES string of the molecule is O=Cc1cccc(C2CC2NCC2CC2)c1. The van der Waals surface area contributed by atoms with Gasteiger partial charge in [-0.15, -0.1) is 0 Å². The number of benzene rings is 1. The van der Waals surface area contributed by atoms with E-state index in [2.05, 4.69) is 11.4 Å². The molecule has 2 unspecified atom stereocenters. The maximum Gasteiger partial charge on any atom is 0.150 e. The van der Waals surface area contributed by atoms with Crippen LogP contribution in [-0.4, -0.2) is 18.9 Å². The van der Waals surface area contributed by atoms with Crippen molar-refractivity contribution >= 4 is 6.29 Å². The van der Waals surface area contributed by atoms with Crippen LogP contribution in [0.5, 0.6) is 0 Å². The molecule has 16 heavy (non-hydrogen) atoms. The van der Waals surface area contributed by atoms with Gasteiger partial charge in [0.05, 0.1) is 0 Å². The van der Waals surface area contributed by atoms with Crippen LogP contribution in [0.2, 0.25) is 0 Å². The number of nitrogens with one attached hydrogen (secondary N) is 1. The van der Waals surface area contributed by atoms with Crippen LogP contribution in [0.25, 0.3) is 0 Å². The van der Waals surface area contributed by atoms with Crippen molar-refractivity contribution in [3.05, 3.63) is 35.4 Å². The molecule has 1 aromatic rings. The molecule has 0 spiro atoms. The first-order valence-electron chi connectivity index (χ1n) is 6.15. The molecular formula is C14H17NO. The first kappa shape index (κ1) is 10.0. The second kappa shape index (κ2) is 4.02. The second-order valence-electron chi connectivity index (χ2n) is 5.09. The molecule has 0 aromatic heterocycles. The lowest BCUT2D eigenvalue weighted by Crippen LogP contribution is -2.20. The quantitative estimate of drug-likeness (QED) is 0.764. The summed E-state index contributed by atoms with van der Waals surface area (Å²) >= 11 is 0. The lowest BCUT2D eigenvalue weighted by atomic mass is 10.1. The lowest BCUT2D eigenvalue weighted by Gasteiger charge is -2.03. The zero-order valence-electron chi connectivity index (χ0n) is 9.36. The van der Waals surface area contributed by atoms with E-state index in [0.29, 0.717) is 12.0 Å². The fourth-order valence-corrected chi connectivity index (χ4v) is 2.29. The zero-order valence-corrected chi connectivity index (χ0v) is 9.36. The Morgan fingerprint density at radius 3 is 3.00 bits per heavy atom. The van der Waals surface area contributed by atoms with Crippen LogP contribution in [0.1, 0.15) is 41.1 Å². The molecule has 3 rings (SSSR count). The summed E-state index contributed by atoms with van der Waals surface area (Å²) in [6.45, 7) is 1.19. The number of hydrogen-bond donors (Lipinski definition) is 1. The van der Waals surface area contributed by atoms with Crippen molar-refractivity contribution in [2.45, 2.75) is 31.2 Å². The van der Waals surface area contributed by atoms with E-state index >= 15 is 0 Å². The van der Waals surface area contributed by atoms with Crippen molar-refractivity contribution in [2.24, 2.45) is 5.92 Å². The molecule has 0 heterocycles. The fourth-order valence-electron chi connectivity index (χ4n) is 2.29. The second-order valence-corrected chi connectivity index (χ2v) is 5.09. The van der Waals surface area contributed by atoms with Gasteiger partial charge in [-0.05, 0) is 43.4 Å². The summed E-state index contributed by atoms with van der Waals surface area (Å²) < 4.78 is 0. The maximum absolute atomic E-state index is 10.7. The van der Waals surface area contributed by atoms with Crippen LogP contribution in [-0.2, 0) is 0 Å². The predicted molar refractivity (Wildman–Crippen MR) is 63.7 cm³/mol. The molecule has 0 bridgehead atoms. The third-order valence-electron chi connectivity index (χ3n) is 3.63. The van der Waals surface area contributed by atoms with Crippen molar-refractivity contribution < 1.29 is 4.79 Å². The lowest BCUT2D eigenvalue weighted by molar-refractivity contribution is 0.112. The summed E-state index contributed by atoms with van der Waals surface area (Å²) in [5, 5.41) is 3.62. The molecule has 2 fully saturated rings. The Morgan fingerprint density at radius 1 is 1.38 bits per heavy atom. The average Bonchev–Trinajstić information content (AvgIpc) is 3.19. The topological polar surface area (TPSA) is 29.1 Å². The van der Waals surface area contributed by atoms with Gasteiger partial charge in [-0.3, -0.25) is 4.79 Å². The summed E-state index contributed by atoms with van der Waals surface area (Å²) in [7, 11) is 0. The highest BCUT2D eigenvalue weighted by atomic mass is 16.1. The van der Waals surface area contributed by atoms with Crippen molar-refractivity contribution in [2.75, 3.05) is 6.54 Å². The van der Waals surface area contributed by atoms with Crippen LogP contribution < -0.4 is 5.32 Å². The molecule has 1 N–H and O–H groups in total. The van der Waals surface area contributed by atoms with E-state index in [-0.39, 0.29) is 0 Å². The number of carbonyl (C=O) groups is 1. The van der Waals surface area contributed by atoms with Gasteiger partial charge in [0.2, 0.25) is 0 Å². The molecule has 2 nitrogen and oxygen atoms in total. The highest BCUT2D eigenvalue weighted by Crippen LogP contribution is 2.41. The van der Waals surface area contributed by atoms with Crippen LogP contribution in [0.15, 0.2) is 24.3 Å². The summed E-state index contributed by atoms with van der Waals surface area (Å²) in [6.07, 6.45) is 4.98. The monoisotopic (exact) mass is 215 g/mol. The first-order valence-corrected chi connectivity index (χ1v) is 6.15. The number of rotatable bonds is 5. The number of hydrogen-bond acceptors (Lipinski definition) is 2. The van der Waals surface area contributed by atoms with E-state index in [9.17, 15) is 4.79 Å². The molecule has 84 valence electrons. The first-order chi connectivity index (χ1) is 7.86. The van der Waals surface area contributed by atoms with Crippen LogP contribution >= 0.6 is 0 Å². The summed E-state index contributed by atoms with van der Waals surface area (Å²) in [6, 6.07) is 8.66.